The van der Waals surface area contributed by atoms with E-state index in [2.05, 4.69) is 4.98 Å². The first kappa shape index (κ1) is 10.1. The lowest BCUT2D eigenvalue weighted by molar-refractivity contribution is 0.592. The van der Waals surface area contributed by atoms with Crippen LogP contribution in [0.15, 0.2) is 23.2 Å². The van der Waals surface area contributed by atoms with E-state index in [1.54, 1.807) is 19.1 Å². The van der Waals surface area contributed by atoms with Crippen LogP contribution in [0.4, 0.5) is 0 Å². The van der Waals surface area contributed by atoms with Crippen molar-refractivity contribution in [2.75, 3.05) is 0 Å². The van der Waals surface area contributed by atoms with Gasteiger partial charge in [0.2, 0.25) is 0 Å². The number of primary sulfonamides is 1. The van der Waals surface area contributed by atoms with Gasteiger partial charge in [-0.15, -0.1) is 0 Å². The fourth-order valence-corrected chi connectivity index (χ4v) is 1.34. The molecule has 1 atom stereocenters. The van der Waals surface area contributed by atoms with Crippen LogP contribution in [0.2, 0.25) is 0 Å². The molecule has 0 amide bonds. The molecule has 0 bridgehead atoms. The van der Waals surface area contributed by atoms with E-state index in [1.807, 2.05) is 0 Å². The highest BCUT2D eigenvalue weighted by Gasteiger charge is 2.10. The van der Waals surface area contributed by atoms with Gasteiger partial charge >= 0.3 is 0 Å². The minimum atomic E-state index is -3.73. The van der Waals surface area contributed by atoms with Gasteiger partial charge in [-0.3, -0.25) is 0 Å². The molecule has 1 heterocycles. The zero-order valence-corrected chi connectivity index (χ0v) is 7.95. The zero-order valence-electron chi connectivity index (χ0n) is 7.14. The van der Waals surface area contributed by atoms with Gasteiger partial charge < -0.3 is 5.73 Å². The predicted octanol–water partition coefficient (Wildman–Crippen LogP) is -0.251. The van der Waals surface area contributed by atoms with Crippen LogP contribution in [0.5, 0.6) is 0 Å². The number of sulfonamides is 1. The van der Waals surface area contributed by atoms with Gasteiger partial charge in [0.15, 0.2) is 5.03 Å². The molecule has 4 N–H and O–H groups in total. The number of hydrogen-bond donors (Lipinski definition) is 2. The molecular weight excluding hydrogens is 190 g/mol. The quantitative estimate of drug-likeness (QED) is 0.689. The van der Waals surface area contributed by atoms with Gasteiger partial charge in [0.25, 0.3) is 10.0 Å². The van der Waals surface area contributed by atoms with Crippen LogP contribution in [0.25, 0.3) is 0 Å². The van der Waals surface area contributed by atoms with Crippen molar-refractivity contribution >= 4 is 10.0 Å². The summed E-state index contributed by atoms with van der Waals surface area (Å²) < 4.78 is 21.8. The molecule has 13 heavy (non-hydrogen) atoms. The van der Waals surface area contributed by atoms with Crippen LogP contribution in [0.3, 0.4) is 0 Å². The number of nitrogens with two attached hydrogens (primary N) is 2. The number of pyridine rings is 1. The van der Waals surface area contributed by atoms with Crippen molar-refractivity contribution in [2.45, 2.75) is 18.0 Å². The maximum Gasteiger partial charge on any atom is 0.255 e. The molecule has 0 saturated heterocycles. The molecule has 1 rings (SSSR count). The lowest BCUT2D eigenvalue weighted by atomic mass is 10.2. The third-order valence-electron chi connectivity index (χ3n) is 1.50. The maximum atomic E-state index is 10.9. The number of rotatable bonds is 2. The van der Waals surface area contributed by atoms with Gasteiger partial charge in [0.05, 0.1) is 5.69 Å². The first-order valence-electron chi connectivity index (χ1n) is 3.66. The third-order valence-corrected chi connectivity index (χ3v) is 2.31. The molecule has 1 aromatic heterocycles. The molecule has 0 radical (unpaired) electrons. The lowest BCUT2D eigenvalue weighted by Gasteiger charge is -2.05. The summed E-state index contributed by atoms with van der Waals surface area (Å²) in [7, 11) is -3.73. The summed E-state index contributed by atoms with van der Waals surface area (Å²) in [5.74, 6) is 0. The SMILES string of the molecule is C[C@H](N)c1cccc(S(N)(=O)=O)n1. The summed E-state index contributed by atoms with van der Waals surface area (Å²) in [5, 5.41) is 4.74. The molecule has 0 unspecified atom stereocenters. The normalized spacial score (nSPS) is 14.1. The summed E-state index contributed by atoms with van der Waals surface area (Å²) in [4.78, 5) is 3.81. The van der Waals surface area contributed by atoms with Crippen molar-refractivity contribution < 1.29 is 8.42 Å². The highest BCUT2D eigenvalue weighted by molar-refractivity contribution is 7.89. The second-order valence-corrected chi connectivity index (χ2v) is 4.24. The van der Waals surface area contributed by atoms with Crippen molar-refractivity contribution in [2.24, 2.45) is 10.9 Å². The molecule has 1 aromatic rings. The Labute approximate surface area is 76.8 Å². The molecule has 0 aliphatic heterocycles. The minimum absolute atomic E-state index is 0.151. The van der Waals surface area contributed by atoms with Gasteiger partial charge in [-0.05, 0) is 19.1 Å². The van der Waals surface area contributed by atoms with E-state index in [4.69, 9.17) is 10.9 Å². The topological polar surface area (TPSA) is 99.1 Å². The van der Waals surface area contributed by atoms with Crippen LogP contribution in [0.1, 0.15) is 18.7 Å². The summed E-state index contributed by atoms with van der Waals surface area (Å²) in [6.07, 6.45) is 0. The van der Waals surface area contributed by atoms with Gasteiger partial charge in [0, 0.05) is 6.04 Å². The van der Waals surface area contributed by atoms with E-state index < -0.39 is 10.0 Å². The van der Waals surface area contributed by atoms with Crippen molar-refractivity contribution in [3.8, 4) is 0 Å². The third kappa shape index (κ3) is 2.48. The van der Waals surface area contributed by atoms with E-state index >= 15 is 0 Å². The second kappa shape index (κ2) is 3.41. The van der Waals surface area contributed by atoms with E-state index in [-0.39, 0.29) is 11.1 Å². The van der Waals surface area contributed by atoms with Crippen LogP contribution < -0.4 is 10.9 Å². The molecular formula is C7H11N3O2S. The molecule has 6 heteroatoms. The van der Waals surface area contributed by atoms with Crippen LogP contribution in [-0.4, -0.2) is 13.4 Å². The molecule has 72 valence electrons. The van der Waals surface area contributed by atoms with Crippen molar-refractivity contribution in [1.82, 2.24) is 4.98 Å². The van der Waals surface area contributed by atoms with Crippen molar-refractivity contribution in [1.29, 1.82) is 0 Å². The largest absolute Gasteiger partial charge is 0.323 e. The van der Waals surface area contributed by atoms with Crippen LogP contribution in [0, 0.1) is 0 Å². The van der Waals surface area contributed by atoms with E-state index in [0.717, 1.165) is 0 Å². The molecule has 0 fully saturated rings. The van der Waals surface area contributed by atoms with E-state index in [0.29, 0.717) is 5.69 Å². The monoisotopic (exact) mass is 201 g/mol. The Morgan fingerprint density at radius 3 is 2.54 bits per heavy atom. The average molecular weight is 201 g/mol. The van der Waals surface area contributed by atoms with Gasteiger partial charge in [0.1, 0.15) is 0 Å². The van der Waals surface area contributed by atoms with Crippen molar-refractivity contribution in [3.63, 3.8) is 0 Å². The lowest BCUT2D eigenvalue weighted by Crippen LogP contribution is -2.16. The smallest absolute Gasteiger partial charge is 0.255 e. The molecule has 0 spiro atoms. The first-order chi connectivity index (χ1) is 5.91. The summed E-state index contributed by atoms with van der Waals surface area (Å²) in [6.45, 7) is 1.72. The van der Waals surface area contributed by atoms with E-state index in [1.165, 1.54) is 6.07 Å². The van der Waals surface area contributed by atoms with Crippen LogP contribution >= 0.6 is 0 Å². The Morgan fingerprint density at radius 2 is 2.08 bits per heavy atom. The number of nitrogens with zero attached hydrogens (tertiary/aromatic N) is 1. The molecule has 0 aliphatic rings. The Bertz CT molecular complexity index is 400. The second-order valence-electron chi connectivity index (χ2n) is 2.73. The number of aromatic nitrogens is 1. The molecule has 5 nitrogen and oxygen atoms in total. The van der Waals surface area contributed by atoms with Gasteiger partial charge in [-0.25, -0.2) is 18.5 Å². The average Bonchev–Trinajstić information content (AvgIpc) is 2.03. The van der Waals surface area contributed by atoms with E-state index in [9.17, 15) is 8.42 Å². The maximum absolute atomic E-state index is 10.9. The zero-order chi connectivity index (χ0) is 10.1. The molecule has 0 aromatic carbocycles. The highest BCUT2D eigenvalue weighted by atomic mass is 32.2. The first-order valence-corrected chi connectivity index (χ1v) is 5.21. The Morgan fingerprint density at radius 1 is 1.46 bits per heavy atom. The molecule has 0 aliphatic carbocycles. The summed E-state index contributed by atoms with van der Waals surface area (Å²) in [5.41, 5.74) is 6.03. The van der Waals surface area contributed by atoms with Crippen molar-refractivity contribution in [3.05, 3.63) is 23.9 Å². The highest BCUT2D eigenvalue weighted by Crippen LogP contribution is 2.09. The summed E-state index contributed by atoms with van der Waals surface area (Å²) in [6, 6.07) is 4.24. The Balaban J connectivity index is 3.21. The number of hydrogen-bond acceptors (Lipinski definition) is 4. The summed E-state index contributed by atoms with van der Waals surface area (Å²) >= 11 is 0. The van der Waals surface area contributed by atoms with Gasteiger partial charge in [-0.1, -0.05) is 6.07 Å². The Kier molecular flexibility index (Phi) is 2.65. The van der Waals surface area contributed by atoms with Gasteiger partial charge in [-0.2, -0.15) is 0 Å². The molecule has 0 saturated carbocycles. The van der Waals surface area contributed by atoms with Crippen LogP contribution in [-0.2, 0) is 10.0 Å². The standard InChI is InChI=1S/C7H11N3O2S/c1-5(8)6-3-2-4-7(10-6)13(9,11)12/h2-5H,8H2,1H3,(H2,9,11,12)/t5-/m0/s1. The fraction of sp³-hybridized carbons (Fsp3) is 0.286. The Hall–Kier alpha value is -0.980. The fourth-order valence-electron chi connectivity index (χ4n) is 0.843. The minimum Gasteiger partial charge on any atom is -0.323 e. The predicted molar refractivity (Wildman–Crippen MR) is 48.2 cm³/mol.